The number of hydrogen-bond acceptors (Lipinski definition) is 5. The van der Waals surface area contributed by atoms with Crippen molar-refractivity contribution in [2.45, 2.75) is 38.3 Å². The Morgan fingerprint density at radius 1 is 1.40 bits per heavy atom. The van der Waals surface area contributed by atoms with Crippen molar-refractivity contribution in [3.63, 3.8) is 0 Å². The van der Waals surface area contributed by atoms with Gasteiger partial charge in [0, 0.05) is 19.1 Å². The molecule has 3 unspecified atom stereocenters. The van der Waals surface area contributed by atoms with Crippen LogP contribution in [0, 0.1) is 5.92 Å². The first-order valence-electron chi connectivity index (χ1n) is 7.92. The van der Waals surface area contributed by atoms with E-state index in [1.807, 2.05) is 14.0 Å². The number of esters is 1. The third-order valence-corrected chi connectivity index (χ3v) is 4.79. The number of likely N-dealkylation sites (tertiary alicyclic amines) is 2. The molecule has 0 radical (unpaired) electrons. The van der Waals surface area contributed by atoms with Gasteiger partial charge in [-0.1, -0.05) is 0 Å². The number of carbonyl (C=O) groups is 1. The van der Waals surface area contributed by atoms with Gasteiger partial charge in [-0.15, -0.1) is 0 Å². The van der Waals surface area contributed by atoms with Gasteiger partial charge >= 0.3 is 5.97 Å². The van der Waals surface area contributed by atoms with Crippen LogP contribution in [0.5, 0.6) is 0 Å². The molecule has 2 aliphatic rings. The molecule has 5 heteroatoms. The number of carbonyl (C=O) groups excluding carboxylic acids is 1. The van der Waals surface area contributed by atoms with Gasteiger partial charge in [0.25, 0.3) is 0 Å². The van der Waals surface area contributed by atoms with Crippen LogP contribution in [0.25, 0.3) is 0 Å². The summed E-state index contributed by atoms with van der Waals surface area (Å²) in [5.41, 5.74) is 0. The van der Waals surface area contributed by atoms with Gasteiger partial charge in [0.2, 0.25) is 0 Å². The van der Waals surface area contributed by atoms with Gasteiger partial charge in [-0.05, 0) is 59.3 Å². The summed E-state index contributed by atoms with van der Waals surface area (Å²) in [6.45, 7) is 6.52. The number of nitrogens with zero attached hydrogens (tertiary/aromatic N) is 2. The highest BCUT2D eigenvalue weighted by Crippen LogP contribution is 2.29. The average Bonchev–Trinajstić information content (AvgIpc) is 2.45. The van der Waals surface area contributed by atoms with E-state index in [0.717, 1.165) is 31.6 Å². The summed E-state index contributed by atoms with van der Waals surface area (Å²) in [4.78, 5) is 16.8. The lowest BCUT2D eigenvalue weighted by Gasteiger charge is -2.46. The molecule has 2 rings (SSSR count). The summed E-state index contributed by atoms with van der Waals surface area (Å²) in [7, 11) is 4.09. The minimum Gasteiger partial charge on any atom is -0.465 e. The number of fused-ring (bicyclic) bond motifs is 1. The Kier molecular flexibility index (Phi) is 5.81. The number of hydrogen-bond donors (Lipinski definition) is 1. The molecule has 0 saturated carbocycles. The monoisotopic (exact) mass is 283 g/mol. The van der Waals surface area contributed by atoms with Gasteiger partial charge in [-0.3, -0.25) is 4.79 Å². The van der Waals surface area contributed by atoms with Crippen LogP contribution in [-0.4, -0.2) is 74.7 Å². The molecular formula is C15H29N3O2. The van der Waals surface area contributed by atoms with Crippen molar-refractivity contribution in [3.05, 3.63) is 0 Å². The van der Waals surface area contributed by atoms with Crippen LogP contribution < -0.4 is 5.32 Å². The van der Waals surface area contributed by atoms with Crippen LogP contribution in [-0.2, 0) is 9.53 Å². The van der Waals surface area contributed by atoms with E-state index >= 15 is 0 Å². The Morgan fingerprint density at radius 3 is 2.90 bits per heavy atom. The second-order valence-corrected chi connectivity index (χ2v) is 6.09. The summed E-state index contributed by atoms with van der Waals surface area (Å²) in [6, 6.07) is 0.545. The van der Waals surface area contributed by atoms with Crippen LogP contribution in [0.15, 0.2) is 0 Å². The van der Waals surface area contributed by atoms with Gasteiger partial charge in [0.05, 0.1) is 6.61 Å². The minimum atomic E-state index is -0.201. The molecule has 5 nitrogen and oxygen atoms in total. The molecule has 20 heavy (non-hydrogen) atoms. The first kappa shape index (κ1) is 15.7. The quantitative estimate of drug-likeness (QED) is 0.747. The van der Waals surface area contributed by atoms with E-state index in [9.17, 15) is 4.79 Å². The second kappa shape index (κ2) is 7.38. The molecule has 2 heterocycles. The number of likely N-dealkylation sites (N-methyl/N-ethyl adjacent to an activating group) is 1. The van der Waals surface area contributed by atoms with Gasteiger partial charge in [-0.25, -0.2) is 0 Å². The first-order chi connectivity index (χ1) is 9.65. The molecule has 3 atom stereocenters. The van der Waals surface area contributed by atoms with Gasteiger partial charge in [0.15, 0.2) is 0 Å². The van der Waals surface area contributed by atoms with Crippen LogP contribution >= 0.6 is 0 Å². The Balaban J connectivity index is 1.86. The van der Waals surface area contributed by atoms with Gasteiger partial charge in [0.1, 0.15) is 6.04 Å². The van der Waals surface area contributed by atoms with E-state index in [-0.39, 0.29) is 12.0 Å². The molecule has 1 N–H and O–H groups in total. The molecule has 2 aliphatic heterocycles. The molecule has 116 valence electrons. The largest absolute Gasteiger partial charge is 0.465 e. The highest BCUT2D eigenvalue weighted by Gasteiger charge is 2.35. The van der Waals surface area contributed by atoms with Crippen molar-refractivity contribution in [1.29, 1.82) is 0 Å². The molecular weight excluding hydrogens is 254 g/mol. The summed E-state index contributed by atoms with van der Waals surface area (Å²) in [5.74, 6) is 0.639. The Labute approximate surface area is 122 Å². The van der Waals surface area contributed by atoms with E-state index in [1.54, 1.807) is 0 Å². The molecule has 0 aromatic carbocycles. The molecule has 2 fully saturated rings. The van der Waals surface area contributed by atoms with Crippen molar-refractivity contribution >= 4 is 5.97 Å². The zero-order valence-electron chi connectivity index (χ0n) is 13.1. The fourth-order valence-electron chi connectivity index (χ4n) is 3.68. The number of rotatable bonds is 5. The molecule has 0 amide bonds. The lowest BCUT2D eigenvalue weighted by Crippen LogP contribution is -2.55. The average molecular weight is 283 g/mol. The number of ether oxygens (including phenoxy) is 1. The molecule has 0 aliphatic carbocycles. The predicted octanol–water partition coefficient (Wildman–Crippen LogP) is 0.554. The van der Waals surface area contributed by atoms with E-state index in [0.29, 0.717) is 6.61 Å². The lowest BCUT2D eigenvalue weighted by atomic mass is 9.84. The van der Waals surface area contributed by atoms with Crippen LogP contribution in [0.2, 0.25) is 0 Å². The van der Waals surface area contributed by atoms with Crippen molar-refractivity contribution in [2.24, 2.45) is 5.92 Å². The third-order valence-electron chi connectivity index (χ3n) is 4.79. The SMILES string of the molecule is CCOC(=O)C(CN1CCC2C(CCCN2C)C1)NC. The summed E-state index contributed by atoms with van der Waals surface area (Å²) in [5, 5.41) is 3.09. The summed E-state index contributed by atoms with van der Waals surface area (Å²) in [6.07, 6.45) is 3.86. The highest BCUT2D eigenvalue weighted by atomic mass is 16.5. The molecule has 0 aromatic heterocycles. The molecule has 0 spiro atoms. The Bertz CT molecular complexity index is 324. The van der Waals surface area contributed by atoms with Crippen LogP contribution in [0.4, 0.5) is 0 Å². The van der Waals surface area contributed by atoms with E-state index < -0.39 is 0 Å². The smallest absolute Gasteiger partial charge is 0.324 e. The van der Waals surface area contributed by atoms with Crippen molar-refractivity contribution in [2.75, 3.05) is 46.9 Å². The summed E-state index contributed by atoms with van der Waals surface area (Å²) < 4.78 is 5.12. The van der Waals surface area contributed by atoms with Crippen molar-refractivity contribution in [3.8, 4) is 0 Å². The number of nitrogens with one attached hydrogen (secondary N) is 1. The Hall–Kier alpha value is -0.650. The highest BCUT2D eigenvalue weighted by molar-refractivity contribution is 5.76. The maximum Gasteiger partial charge on any atom is 0.324 e. The maximum atomic E-state index is 11.9. The first-order valence-corrected chi connectivity index (χ1v) is 7.92. The van der Waals surface area contributed by atoms with Crippen LogP contribution in [0.1, 0.15) is 26.2 Å². The molecule has 0 bridgehead atoms. The minimum absolute atomic E-state index is 0.127. The van der Waals surface area contributed by atoms with E-state index in [1.165, 1.54) is 25.8 Å². The number of piperidine rings is 2. The lowest BCUT2D eigenvalue weighted by molar-refractivity contribution is -0.146. The second-order valence-electron chi connectivity index (χ2n) is 6.09. The Morgan fingerprint density at radius 2 is 2.20 bits per heavy atom. The van der Waals surface area contributed by atoms with Gasteiger partial charge in [-0.2, -0.15) is 0 Å². The molecule has 2 saturated heterocycles. The zero-order valence-corrected chi connectivity index (χ0v) is 13.1. The standard InChI is InChI=1S/C15H29N3O2/c1-4-20-15(19)13(16-2)11-18-9-7-14-12(10-18)6-5-8-17(14)3/h12-14,16H,4-11H2,1-3H3. The van der Waals surface area contributed by atoms with Crippen LogP contribution in [0.3, 0.4) is 0 Å². The maximum absolute atomic E-state index is 11.9. The van der Waals surface area contributed by atoms with E-state index in [4.69, 9.17) is 4.74 Å². The normalized spacial score (nSPS) is 29.8. The molecule has 0 aromatic rings. The van der Waals surface area contributed by atoms with Gasteiger partial charge < -0.3 is 19.9 Å². The van der Waals surface area contributed by atoms with Crippen molar-refractivity contribution < 1.29 is 9.53 Å². The third kappa shape index (κ3) is 3.71. The summed E-state index contributed by atoms with van der Waals surface area (Å²) >= 11 is 0. The topological polar surface area (TPSA) is 44.8 Å². The predicted molar refractivity (Wildman–Crippen MR) is 79.7 cm³/mol. The van der Waals surface area contributed by atoms with Crippen molar-refractivity contribution in [1.82, 2.24) is 15.1 Å². The fourth-order valence-corrected chi connectivity index (χ4v) is 3.68. The zero-order chi connectivity index (χ0) is 14.5. The fraction of sp³-hybridized carbons (Fsp3) is 0.933. The van der Waals surface area contributed by atoms with E-state index in [2.05, 4.69) is 22.2 Å².